The summed E-state index contributed by atoms with van der Waals surface area (Å²) in [5.41, 5.74) is 0.565. The van der Waals surface area contributed by atoms with Crippen LogP contribution >= 0.6 is 0 Å². The second-order valence-electron chi connectivity index (χ2n) is 5.20. The molecule has 2 heterocycles. The SMILES string of the molecule is COc1ccc(CNc2[nH]nc3c2c(=O)n(C)c(=O)n3C)cc1. The fourth-order valence-electron chi connectivity index (χ4n) is 2.41. The lowest BCUT2D eigenvalue weighted by atomic mass is 10.2. The summed E-state index contributed by atoms with van der Waals surface area (Å²) in [6.07, 6.45) is 0. The largest absolute Gasteiger partial charge is 0.497 e. The Morgan fingerprint density at radius 3 is 2.52 bits per heavy atom. The third-order valence-corrected chi connectivity index (χ3v) is 3.79. The number of hydrogen-bond acceptors (Lipinski definition) is 5. The Morgan fingerprint density at radius 2 is 1.87 bits per heavy atom. The molecular formula is C15H17N5O3. The van der Waals surface area contributed by atoms with Gasteiger partial charge in [-0.25, -0.2) is 4.79 Å². The monoisotopic (exact) mass is 315 g/mol. The Labute approximate surface area is 131 Å². The van der Waals surface area contributed by atoms with Crippen LogP contribution in [0.2, 0.25) is 0 Å². The van der Waals surface area contributed by atoms with Gasteiger partial charge in [-0.15, -0.1) is 0 Å². The van der Waals surface area contributed by atoms with Gasteiger partial charge < -0.3 is 10.1 Å². The molecule has 8 nitrogen and oxygen atoms in total. The average molecular weight is 315 g/mol. The number of anilines is 1. The molecular weight excluding hydrogens is 298 g/mol. The van der Waals surface area contributed by atoms with E-state index in [2.05, 4.69) is 15.5 Å². The van der Waals surface area contributed by atoms with Gasteiger partial charge in [-0.1, -0.05) is 12.1 Å². The van der Waals surface area contributed by atoms with E-state index in [1.54, 1.807) is 14.2 Å². The number of H-pyrrole nitrogens is 1. The van der Waals surface area contributed by atoms with Crippen LogP contribution in [0.4, 0.5) is 5.82 Å². The number of methoxy groups -OCH3 is 1. The van der Waals surface area contributed by atoms with Crippen LogP contribution in [0.25, 0.3) is 11.0 Å². The van der Waals surface area contributed by atoms with Gasteiger partial charge in [-0.2, -0.15) is 5.10 Å². The van der Waals surface area contributed by atoms with Crippen LogP contribution in [0, 0.1) is 0 Å². The number of aromatic amines is 1. The normalized spacial score (nSPS) is 10.9. The second kappa shape index (κ2) is 5.64. The van der Waals surface area contributed by atoms with Gasteiger partial charge in [-0.3, -0.25) is 19.0 Å². The molecule has 0 radical (unpaired) electrons. The van der Waals surface area contributed by atoms with Crippen LogP contribution in [-0.2, 0) is 20.6 Å². The summed E-state index contributed by atoms with van der Waals surface area (Å²) >= 11 is 0. The second-order valence-corrected chi connectivity index (χ2v) is 5.20. The number of nitrogens with zero attached hydrogens (tertiary/aromatic N) is 3. The molecule has 0 amide bonds. The Hall–Kier alpha value is -3.03. The van der Waals surface area contributed by atoms with E-state index in [0.29, 0.717) is 23.4 Å². The molecule has 2 N–H and O–H groups in total. The zero-order chi connectivity index (χ0) is 16.6. The van der Waals surface area contributed by atoms with E-state index in [0.717, 1.165) is 15.9 Å². The number of fused-ring (bicyclic) bond motifs is 1. The lowest BCUT2D eigenvalue weighted by Crippen LogP contribution is -2.36. The van der Waals surface area contributed by atoms with Crippen molar-refractivity contribution < 1.29 is 4.74 Å². The molecule has 0 bridgehead atoms. The standard InChI is InChI=1S/C15H17N5O3/c1-19-13-11(14(21)20(2)15(19)22)12(17-18-13)16-8-9-4-6-10(23-3)7-5-9/h4-7H,8H2,1-3H3,(H2,16,17,18). The van der Waals surface area contributed by atoms with Gasteiger partial charge in [0, 0.05) is 20.6 Å². The molecule has 3 aromatic rings. The Kier molecular flexibility index (Phi) is 3.65. The van der Waals surface area contributed by atoms with E-state index in [4.69, 9.17) is 4.74 Å². The summed E-state index contributed by atoms with van der Waals surface area (Å²) in [6, 6.07) is 7.59. The first-order chi connectivity index (χ1) is 11.0. The summed E-state index contributed by atoms with van der Waals surface area (Å²) in [7, 11) is 4.65. The van der Waals surface area contributed by atoms with Crippen molar-refractivity contribution in [3.8, 4) is 5.75 Å². The average Bonchev–Trinajstić information content (AvgIpc) is 3.00. The number of benzene rings is 1. The quantitative estimate of drug-likeness (QED) is 0.734. The fraction of sp³-hybridized carbons (Fsp3) is 0.267. The van der Waals surface area contributed by atoms with Crippen molar-refractivity contribution in [3.05, 3.63) is 50.7 Å². The maximum Gasteiger partial charge on any atom is 0.332 e. The highest BCUT2D eigenvalue weighted by Gasteiger charge is 2.15. The summed E-state index contributed by atoms with van der Waals surface area (Å²) in [6.45, 7) is 0.507. The van der Waals surface area contributed by atoms with Crippen molar-refractivity contribution in [2.24, 2.45) is 14.1 Å². The molecule has 0 unspecified atom stereocenters. The fourth-order valence-corrected chi connectivity index (χ4v) is 2.41. The Balaban J connectivity index is 1.94. The maximum absolute atomic E-state index is 12.3. The lowest BCUT2D eigenvalue weighted by Gasteiger charge is -2.06. The number of nitrogens with one attached hydrogen (secondary N) is 2. The van der Waals surface area contributed by atoms with Crippen molar-refractivity contribution >= 4 is 16.9 Å². The van der Waals surface area contributed by atoms with Gasteiger partial charge in [0.05, 0.1) is 7.11 Å². The van der Waals surface area contributed by atoms with E-state index in [1.807, 2.05) is 24.3 Å². The van der Waals surface area contributed by atoms with E-state index in [9.17, 15) is 9.59 Å². The molecule has 3 rings (SSSR count). The molecule has 2 aromatic heterocycles. The molecule has 8 heteroatoms. The zero-order valence-corrected chi connectivity index (χ0v) is 13.1. The molecule has 0 aliphatic carbocycles. The molecule has 1 aromatic carbocycles. The Morgan fingerprint density at radius 1 is 1.17 bits per heavy atom. The molecule has 0 aliphatic rings. The molecule has 120 valence electrons. The van der Waals surface area contributed by atoms with Crippen LogP contribution in [-0.4, -0.2) is 26.4 Å². The third-order valence-electron chi connectivity index (χ3n) is 3.79. The minimum Gasteiger partial charge on any atom is -0.497 e. The predicted octanol–water partition coefficient (Wildman–Crippen LogP) is 0.581. The van der Waals surface area contributed by atoms with E-state index >= 15 is 0 Å². The maximum atomic E-state index is 12.3. The van der Waals surface area contributed by atoms with E-state index < -0.39 is 5.69 Å². The summed E-state index contributed by atoms with van der Waals surface area (Å²) in [5, 5.41) is 10.4. The lowest BCUT2D eigenvalue weighted by molar-refractivity contribution is 0.414. The molecule has 0 saturated carbocycles. The van der Waals surface area contributed by atoms with Crippen molar-refractivity contribution in [1.82, 2.24) is 19.3 Å². The highest BCUT2D eigenvalue weighted by atomic mass is 16.5. The number of ether oxygens (including phenoxy) is 1. The first-order valence-electron chi connectivity index (χ1n) is 7.04. The predicted molar refractivity (Wildman–Crippen MR) is 86.9 cm³/mol. The number of aryl methyl sites for hydroxylation is 1. The van der Waals surface area contributed by atoms with Crippen molar-refractivity contribution in [2.75, 3.05) is 12.4 Å². The molecule has 23 heavy (non-hydrogen) atoms. The topological polar surface area (TPSA) is 93.9 Å². The summed E-state index contributed by atoms with van der Waals surface area (Å²) < 4.78 is 7.52. The van der Waals surface area contributed by atoms with Gasteiger partial charge in [0.25, 0.3) is 5.56 Å². The summed E-state index contributed by atoms with van der Waals surface area (Å²) in [4.78, 5) is 24.2. The van der Waals surface area contributed by atoms with Crippen molar-refractivity contribution in [3.63, 3.8) is 0 Å². The van der Waals surface area contributed by atoms with E-state index in [1.165, 1.54) is 11.6 Å². The van der Waals surface area contributed by atoms with E-state index in [-0.39, 0.29) is 5.56 Å². The Bertz CT molecular complexity index is 966. The molecule has 0 saturated heterocycles. The molecule has 0 spiro atoms. The minimum absolute atomic E-state index is 0.329. The van der Waals surface area contributed by atoms with Gasteiger partial charge in [0.15, 0.2) is 5.65 Å². The van der Waals surface area contributed by atoms with Crippen LogP contribution < -0.4 is 21.3 Å². The van der Waals surface area contributed by atoms with Crippen molar-refractivity contribution in [1.29, 1.82) is 0 Å². The third kappa shape index (κ3) is 2.48. The first-order valence-corrected chi connectivity index (χ1v) is 7.04. The van der Waals surface area contributed by atoms with Crippen molar-refractivity contribution in [2.45, 2.75) is 6.54 Å². The number of rotatable bonds is 4. The van der Waals surface area contributed by atoms with Gasteiger partial charge >= 0.3 is 5.69 Å². The van der Waals surface area contributed by atoms with Crippen LogP contribution in [0.15, 0.2) is 33.9 Å². The molecule has 0 atom stereocenters. The van der Waals surface area contributed by atoms with Crippen LogP contribution in [0.1, 0.15) is 5.56 Å². The highest BCUT2D eigenvalue weighted by molar-refractivity contribution is 5.86. The summed E-state index contributed by atoms with van der Waals surface area (Å²) in [5.74, 6) is 1.27. The van der Waals surface area contributed by atoms with Crippen LogP contribution in [0.3, 0.4) is 0 Å². The van der Waals surface area contributed by atoms with Crippen LogP contribution in [0.5, 0.6) is 5.75 Å². The minimum atomic E-state index is -0.407. The molecule has 0 aliphatic heterocycles. The van der Waals surface area contributed by atoms with Gasteiger partial charge in [0.1, 0.15) is 17.0 Å². The molecule has 0 fully saturated rings. The number of aromatic nitrogens is 4. The highest BCUT2D eigenvalue weighted by Crippen LogP contribution is 2.16. The van der Waals surface area contributed by atoms with Gasteiger partial charge in [-0.05, 0) is 17.7 Å². The number of hydrogen-bond donors (Lipinski definition) is 2. The smallest absolute Gasteiger partial charge is 0.332 e. The zero-order valence-electron chi connectivity index (χ0n) is 13.1. The first kappa shape index (κ1) is 14.9. The van der Waals surface area contributed by atoms with Gasteiger partial charge in [0.2, 0.25) is 0 Å².